The molecule has 2 aliphatic heterocycles. The first kappa shape index (κ1) is 15.6. The van der Waals surface area contributed by atoms with Gasteiger partial charge < -0.3 is 40.3 Å². The molecule has 20 heavy (non-hydrogen) atoms. The number of nitrogens with one attached hydrogen (secondary N) is 1. The summed E-state index contributed by atoms with van der Waals surface area (Å²) in [6, 6.07) is -0.725. The van der Waals surface area contributed by atoms with Crippen molar-refractivity contribution < 1.29 is 39.8 Å². The molecular formula is C11H19NO8. The molecule has 9 nitrogen and oxygen atoms in total. The molecule has 2 aliphatic rings. The number of aliphatic hydroxyl groups is 5. The molecule has 2 heterocycles. The van der Waals surface area contributed by atoms with Crippen molar-refractivity contribution in [2.75, 3.05) is 13.2 Å². The molecule has 9 heteroatoms. The van der Waals surface area contributed by atoms with Gasteiger partial charge in [-0.25, -0.2) is 0 Å². The van der Waals surface area contributed by atoms with Crippen molar-refractivity contribution in [1.29, 1.82) is 0 Å². The zero-order valence-electron chi connectivity index (χ0n) is 10.6. The van der Waals surface area contributed by atoms with Gasteiger partial charge in [0.05, 0.1) is 12.7 Å². The zero-order valence-corrected chi connectivity index (χ0v) is 10.6. The van der Waals surface area contributed by atoms with Gasteiger partial charge in [0.1, 0.15) is 30.5 Å². The van der Waals surface area contributed by atoms with Crippen molar-refractivity contribution in [2.45, 2.75) is 49.3 Å². The van der Waals surface area contributed by atoms with Gasteiger partial charge in [-0.1, -0.05) is 0 Å². The van der Waals surface area contributed by atoms with Crippen LogP contribution in [0.2, 0.25) is 0 Å². The molecule has 0 saturated carbocycles. The molecule has 0 spiro atoms. The first-order chi connectivity index (χ1) is 9.43. The van der Waals surface area contributed by atoms with E-state index in [9.17, 15) is 25.2 Å². The molecule has 116 valence electrons. The van der Waals surface area contributed by atoms with E-state index in [0.717, 1.165) is 0 Å². The second-order valence-corrected chi connectivity index (χ2v) is 4.98. The highest BCUT2D eigenvalue weighted by atomic mass is 16.7. The SMILES string of the molecule is O=C(O[C@@H]1O[C@H](CO)[C@H](O)[C@H](O)[C@H]1O)[C@@H]1C[C@@H](O)CN1. The standard InChI is InChI=1S/C11H19NO8/c13-3-6-7(15)8(16)9(17)11(19-6)20-10(18)5-1-4(14)2-12-5/h4-9,11-17H,1-3H2/t4-,5+,6-,7+,8+,9-,11+/m1/s1. The number of hydrogen-bond acceptors (Lipinski definition) is 9. The number of carbonyl (C=O) groups is 1. The summed E-state index contributed by atoms with van der Waals surface area (Å²) in [5, 5.41) is 49.9. The van der Waals surface area contributed by atoms with Crippen LogP contribution in [0, 0.1) is 0 Å². The Kier molecular flexibility index (Phi) is 4.91. The first-order valence-electron chi connectivity index (χ1n) is 6.36. The number of β-amino-alcohol motifs (C(OH)–C–C–N with tert-alkyl or cyclic N) is 1. The molecule has 0 bridgehead atoms. The minimum Gasteiger partial charge on any atom is -0.432 e. The lowest BCUT2D eigenvalue weighted by atomic mass is 9.99. The largest absolute Gasteiger partial charge is 0.432 e. The normalized spacial score (nSPS) is 45.4. The fourth-order valence-corrected chi connectivity index (χ4v) is 2.26. The van der Waals surface area contributed by atoms with Gasteiger partial charge in [-0.2, -0.15) is 0 Å². The number of esters is 1. The van der Waals surface area contributed by atoms with Gasteiger partial charge in [0.15, 0.2) is 0 Å². The smallest absolute Gasteiger partial charge is 0.325 e. The predicted octanol–water partition coefficient (Wildman–Crippen LogP) is -3.95. The Labute approximate surface area is 114 Å². The van der Waals surface area contributed by atoms with Gasteiger partial charge in [0.25, 0.3) is 0 Å². The quantitative estimate of drug-likeness (QED) is 0.287. The topological polar surface area (TPSA) is 149 Å². The highest BCUT2D eigenvalue weighted by Gasteiger charge is 2.46. The van der Waals surface area contributed by atoms with Gasteiger partial charge in [-0.05, 0) is 0 Å². The number of carbonyl (C=O) groups excluding carboxylic acids is 1. The molecule has 2 fully saturated rings. The maximum Gasteiger partial charge on any atom is 0.325 e. The lowest BCUT2D eigenvalue weighted by Gasteiger charge is -2.39. The molecule has 2 saturated heterocycles. The average molecular weight is 293 g/mol. The van der Waals surface area contributed by atoms with Crippen LogP contribution >= 0.6 is 0 Å². The maximum absolute atomic E-state index is 11.8. The van der Waals surface area contributed by atoms with Gasteiger partial charge in [0.2, 0.25) is 6.29 Å². The molecular weight excluding hydrogens is 274 g/mol. The third-order valence-electron chi connectivity index (χ3n) is 3.47. The van der Waals surface area contributed by atoms with Crippen LogP contribution < -0.4 is 5.32 Å². The van der Waals surface area contributed by atoms with Crippen LogP contribution in [0.1, 0.15) is 6.42 Å². The Bertz CT molecular complexity index is 351. The average Bonchev–Trinajstić information content (AvgIpc) is 2.86. The summed E-state index contributed by atoms with van der Waals surface area (Å²) in [7, 11) is 0. The van der Waals surface area contributed by atoms with Crippen LogP contribution in [0.5, 0.6) is 0 Å². The second-order valence-electron chi connectivity index (χ2n) is 4.98. The van der Waals surface area contributed by atoms with Gasteiger partial charge in [-0.15, -0.1) is 0 Å². The Morgan fingerprint density at radius 3 is 2.45 bits per heavy atom. The molecule has 0 aliphatic carbocycles. The van der Waals surface area contributed by atoms with Crippen LogP contribution in [-0.2, 0) is 14.3 Å². The van der Waals surface area contributed by atoms with Gasteiger partial charge in [0, 0.05) is 13.0 Å². The van der Waals surface area contributed by atoms with Crippen LogP contribution in [0.3, 0.4) is 0 Å². The van der Waals surface area contributed by atoms with Crippen LogP contribution in [0.15, 0.2) is 0 Å². The van der Waals surface area contributed by atoms with E-state index in [1.54, 1.807) is 0 Å². The Hall–Kier alpha value is -0.810. The van der Waals surface area contributed by atoms with Crippen molar-refractivity contribution in [2.24, 2.45) is 0 Å². The number of rotatable bonds is 3. The summed E-state index contributed by atoms with van der Waals surface area (Å²) in [4.78, 5) is 11.8. The summed E-state index contributed by atoms with van der Waals surface area (Å²) < 4.78 is 9.96. The van der Waals surface area contributed by atoms with Gasteiger partial charge in [-0.3, -0.25) is 4.79 Å². The molecule has 7 atom stereocenters. The molecule has 0 unspecified atom stereocenters. The summed E-state index contributed by atoms with van der Waals surface area (Å²) in [6.45, 7) is -0.339. The minimum atomic E-state index is -1.62. The van der Waals surface area contributed by atoms with E-state index in [0.29, 0.717) is 0 Å². The molecule has 0 radical (unpaired) electrons. The van der Waals surface area contributed by atoms with E-state index in [4.69, 9.17) is 14.6 Å². The fourth-order valence-electron chi connectivity index (χ4n) is 2.26. The van der Waals surface area contributed by atoms with Crippen molar-refractivity contribution >= 4 is 5.97 Å². The Morgan fingerprint density at radius 1 is 1.20 bits per heavy atom. The Morgan fingerprint density at radius 2 is 1.90 bits per heavy atom. The first-order valence-corrected chi connectivity index (χ1v) is 6.36. The third-order valence-corrected chi connectivity index (χ3v) is 3.47. The van der Waals surface area contributed by atoms with Gasteiger partial charge >= 0.3 is 5.97 Å². The van der Waals surface area contributed by atoms with E-state index < -0.39 is 55.4 Å². The summed E-state index contributed by atoms with van der Waals surface area (Å²) >= 11 is 0. The van der Waals surface area contributed by atoms with Crippen molar-refractivity contribution in [3.8, 4) is 0 Å². The number of aliphatic hydroxyl groups excluding tert-OH is 5. The summed E-state index contributed by atoms with van der Waals surface area (Å²) in [5.41, 5.74) is 0. The van der Waals surface area contributed by atoms with Crippen LogP contribution in [0.25, 0.3) is 0 Å². The minimum absolute atomic E-state index is 0.177. The predicted molar refractivity (Wildman–Crippen MR) is 62.3 cm³/mol. The third kappa shape index (κ3) is 3.09. The number of ether oxygens (including phenoxy) is 2. The van der Waals surface area contributed by atoms with Crippen LogP contribution in [-0.4, -0.2) is 87.5 Å². The Balaban J connectivity index is 1.95. The molecule has 0 aromatic heterocycles. The molecule has 0 amide bonds. The van der Waals surface area contributed by atoms with E-state index in [1.807, 2.05) is 0 Å². The highest BCUT2D eigenvalue weighted by molar-refractivity contribution is 5.76. The lowest BCUT2D eigenvalue weighted by molar-refractivity contribution is -0.293. The second kappa shape index (κ2) is 6.31. The maximum atomic E-state index is 11.8. The van der Waals surface area contributed by atoms with E-state index in [-0.39, 0.29) is 13.0 Å². The van der Waals surface area contributed by atoms with E-state index in [2.05, 4.69) is 5.32 Å². The lowest BCUT2D eigenvalue weighted by Crippen LogP contribution is -2.60. The monoisotopic (exact) mass is 293 g/mol. The van der Waals surface area contributed by atoms with Crippen LogP contribution in [0.4, 0.5) is 0 Å². The molecule has 0 aromatic carbocycles. The molecule has 0 aromatic rings. The zero-order chi connectivity index (χ0) is 14.9. The molecule has 6 N–H and O–H groups in total. The van der Waals surface area contributed by atoms with Crippen molar-refractivity contribution in [3.63, 3.8) is 0 Å². The molecule has 2 rings (SSSR count). The van der Waals surface area contributed by atoms with Crippen molar-refractivity contribution in [3.05, 3.63) is 0 Å². The summed E-state index contributed by atoms with van der Waals surface area (Å²) in [6.07, 6.45) is -7.82. The van der Waals surface area contributed by atoms with E-state index in [1.165, 1.54) is 0 Å². The van der Waals surface area contributed by atoms with E-state index >= 15 is 0 Å². The highest BCUT2D eigenvalue weighted by Crippen LogP contribution is 2.22. The fraction of sp³-hybridized carbons (Fsp3) is 0.909. The number of hydrogen-bond donors (Lipinski definition) is 6. The van der Waals surface area contributed by atoms with Crippen molar-refractivity contribution in [1.82, 2.24) is 5.32 Å². The summed E-state index contributed by atoms with van der Waals surface area (Å²) in [5.74, 6) is -0.745.